The molecule has 2 N–H and O–H groups in total. The van der Waals surface area contributed by atoms with Crippen molar-refractivity contribution in [3.63, 3.8) is 0 Å². The van der Waals surface area contributed by atoms with Crippen molar-refractivity contribution in [1.82, 2.24) is 4.98 Å². The molecular weight excluding hydrogens is 247 g/mol. The molecule has 1 heterocycles. The van der Waals surface area contributed by atoms with Crippen molar-refractivity contribution in [2.24, 2.45) is 0 Å². The molecule has 0 aliphatic carbocycles. The van der Waals surface area contributed by atoms with Gasteiger partial charge in [0.2, 0.25) is 5.88 Å². The molecule has 1 aromatic carbocycles. The van der Waals surface area contributed by atoms with Gasteiger partial charge in [0, 0.05) is 6.07 Å². The van der Waals surface area contributed by atoms with Crippen molar-refractivity contribution in [2.75, 3.05) is 5.73 Å². The summed E-state index contributed by atoms with van der Waals surface area (Å²) in [6.45, 7) is 0. The van der Waals surface area contributed by atoms with Crippen LogP contribution < -0.4 is 10.5 Å². The molecule has 0 saturated carbocycles. The highest BCUT2D eigenvalue weighted by molar-refractivity contribution is 5.51. The van der Waals surface area contributed by atoms with E-state index in [1.54, 1.807) is 6.07 Å². The summed E-state index contributed by atoms with van der Waals surface area (Å²) in [5.74, 6) is -0.717. The molecule has 0 fully saturated rings. The summed E-state index contributed by atoms with van der Waals surface area (Å²) < 4.78 is 18.8. The Morgan fingerprint density at radius 2 is 1.95 bits per heavy atom. The number of halogens is 1. The molecule has 0 bridgehead atoms. The molecule has 6 heteroatoms. The van der Waals surface area contributed by atoms with Crippen molar-refractivity contribution in [2.45, 2.75) is 0 Å². The number of pyridine rings is 1. The number of hydrogen-bond acceptors (Lipinski definition) is 5. The van der Waals surface area contributed by atoms with Gasteiger partial charge in [-0.1, -0.05) is 0 Å². The number of anilines is 1. The number of nitriles is 2. The van der Waals surface area contributed by atoms with Crippen LogP contribution in [0.3, 0.4) is 0 Å². The van der Waals surface area contributed by atoms with Crippen molar-refractivity contribution in [3.05, 3.63) is 47.4 Å². The number of rotatable bonds is 2. The molecule has 0 atom stereocenters. The number of ether oxygens (including phenoxy) is 1. The van der Waals surface area contributed by atoms with E-state index in [0.29, 0.717) is 0 Å². The number of hydrogen-bond donors (Lipinski definition) is 1. The van der Waals surface area contributed by atoms with Gasteiger partial charge < -0.3 is 10.5 Å². The Balaban J connectivity index is 2.32. The fourth-order valence-corrected chi connectivity index (χ4v) is 1.36. The van der Waals surface area contributed by atoms with Gasteiger partial charge in [-0.25, -0.2) is 9.37 Å². The standard InChI is InChI=1S/C13H7FN4O/c14-9-5-8(6-15)1-3-12(9)19-13-4-2-10(17)11(7-16)18-13/h1-5H,17H2. The van der Waals surface area contributed by atoms with E-state index < -0.39 is 5.82 Å². The van der Waals surface area contributed by atoms with E-state index in [2.05, 4.69) is 4.98 Å². The number of nitrogens with zero attached hydrogens (tertiary/aromatic N) is 3. The largest absolute Gasteiger partial charge is 0.436 e. The van der Waals surface area contributed by atoms with Crippen molar-refractivity contribution in [3.8, 4) is 23.8 Å². The van der Waals surface area contributed by atoms with Crippen LogP contribution in [0.2, 0.25) is 0 Å². The average Bonchev–Trinajstić information content (AvgIpc) is 2.43. The summed E-state index contributed by atoms with van der Waals surface area (Å²) in [6, 6.07) is 10.3. The Kier molecular flexibility index (Phi) is 3.26. The maximum Gasteiger partial charge on any atom is 0.220 e. The number of nitrogens with two attached hydrogens (primary N) is 1. The van der Waals surface area contributed by atoms with Crippen molar-refractivity contribution in [1.29, 1.82) is 10.5 Å². The van der Waals surface area contributed by atoms with Crippen LogP contribution in [0.5, 0.6) is 11.6 Å². The van der Waals surface area contributed by atoms with E-state index in [1.807, 2.05) is 6.07 Å². The molecular formula is C13H7FN4O. The smallest absolute Gasteiger partial charge is 0.220 e. The van der Waals surface area contributed by atoms with Gasteiger partial charge in [-0.3, -0.25) is 0 Å². The first-order valence-electron chi connectivity index (χ1n) is 5.18. The zero-order valence-corrected chi connectivity index (χ0v) is 9.59. The summed E-state index contributed by atoms with van der Waals surface area (Å²) in [7, 11) is 0. The number of nitrogen functional groups attached to an aromatic ring is 1. The molecule has 0 aliphatic heterocycles. The fourth-order valence-electron chi connectivity index (χ4n) is 1.36. The first-order valence-corrected chi connectivity index (χ1v) is 5.18. The molecule has 5 nitrogen and oxygen atoms in total. The zero-order valence-electron chi connectivity index (χ0n) is 9.59. The average molecular weight is 254 g/mol. The van der Waals surface area contributed by atoms with Gasteiger partial charge >= 0.3 is 0 Å². The molecule has 2 rings (SSSR count). The molecule has 0 unspecified atom stereocenters. The van der Waals surface area contributed by atoms with E-state index in [9.17, 15) is 4.39 Å². The highest BCUT2D eigenvalue weighted by atomic mass is 19.1. The second-order valence-corrected chi connectivity index (χ2v) is 3.56. The van der Waals surface area contributed by atoms with Crippen LogP contribution in [-0.2, 0) is 0 Å². The predicted octanol–water partition coefficient (Wildman–Crippen LogP) is 2.34. The maximum absolute atomic E-state index is 13.6. The third kappa shape index (κ3) is 2.59. The van der Waals surface area contributed by atoms with Crippen LogP contribution in [-0.4, -0.2) is 4.98 Å². The van der Waals surface area contributed by atoms with Crippen LogP contribution >= 0.6 is 0 Å². The fraction of sp³-hybridized carbons (Fsp3) is 0. The highest BCUT2D eigenvalue weighted by Crippen LogP contribution is 2.25. The molecule has 0 spiro atoms. The third-order valence-electron chi connectivity index (χ3n) is 2.28. The lowest BCUT2D eigenvalue weighted by Gasteiger charge is -2.06. The van der Waals surface area contributed by atoms with Crippen LogP contribution in [0, 0.1) is 28.5 Å². The first kappa shape index (κ1) is 12.3. The summed E-state index contributed by atoms with van der Waals surface area (Å²) in [6.07, 6.45) is 0. The molecule has 1 aromatic heterocycles. The Morgan fingerprint density at radius 3 is 2.58 bits per heavy atom. The van der Waals surface area contributed by atoms with Gasteiger partial charge in [-0.05, 0) is 24.3 Å². The summed E-state index contributed by atoms with van der Waals surface area (Å²) in [4.78, 5) is 3.83. The minimum Gasteiger partial charge on any atom is -0.436 e. The molecule has 92 valence electrons. The summed E-state index contributed by atoms with van der Waals surface area (Å²) in [5.41, 5.74) is 5.92. The van der Waals surface area contributed by atoms with E-state index >= 15 is 0 Å². The van der Waals surface area contributed by atoms with Gasteiger partial charge in [0.15, 0.2) is 17.3 Å². The third-order valence-corrected chi connectivity index (χ3v) is 2.28. The topological polar surface area (TPSA) is 95.7 Å². The van der Waals surface area contributed by atoms with Gasteiger partial charge in [-0.15, -0.1) is 0 Å². The highest BCUT2D eigenvalue weighted by Gasteiger charge is 2.08. The molecule has 0 radical (unpaired) electrons. The van der Waals surface area contributed by atoms with Gasteiger partial charge in [0.1, 0.15) is 6.07 Å². The summed E-state index contributed by atoms with van der Waals surface area (Å²) >= 11 is 0. The molecule has 0 aliphatic rings. The lowest BCUT2D eigenvalue weighted by molar-refractivity contribution is 0.427. The van der Waals surface area contributed by atoms with Gasteiger partial charge in [0.25, 0.3) is 0 Å². The lowest BCUT2D eigenvalue weighted by atomic mass is 10.2. The Hall–Kier alpha value is -3.12. The zero-order chi connectivity index (χ0) is 13.8. The molecule has 2 aromatic rings. The SMILES string of the molecule is N#Cc1ccc(Oc2ccc(N)c(C#N)n2)c(F)c1. The minimum absolute atomic E-state index is 0.00607. The van der Waals surface area contributed by atoms with Crippen LogP contribution in [0.25, 0.3) is 0 Å². The predicted molar refractivity (Wildman–Crippen MR) is 64.6 cm³/mol. The van der Waals surface area contributed by atoms with Crippen LogP contribution in [0.1, 0.15) is 11.3 Å². The minimum atomic E-state index is -0.684. The molecule has 0 amide bonds. The second-order valence-electron chi connectivity index (χ2n) is 3.56. The van der Waals surface area contributed by atoms with Gasteiger partial charge in [0.05, 0.1) is 17.3 Å². The van der Waals surface area contributed by atoms with Crippen LogP contribution in [0.15, 0.2) is 30.3 Å². The second kappa shape index (κ2) is 5.03. The van der Waals surface area contributed by atoms with E-state index in [4.69, 9.17) is 21.0 Å². The number of benzene rings is 1. The molecule has 19 heavy (non-hydrogen) atoms. The van der Waals surface area contributed by atoms with Crippen molar-refractivity contribution >= 4 is 5.69 Å². The van der Waals surface area contributed by atoms with Gasteiger partial charge in [-0.2, -0.15) is 10.5 Å². The Morgan fingerprint density at radius 1 is 1.16 bits per heavy atom. The molecule has 0 saturated heterocycles. The summed E-state index contributed by atoms with van der Waals surface area (Å²) in [5, 5.41) is 17.4. The quantitative estimate of drug-likeness (QED) is 0.887. The Labute approximate surface area is 108 Å². The Bertz CT molecular complexity index is 716. The normalized spacial score (nSPS) is 9.42. The lowest BCUT2D eigenvalue weighted by Crippen LogP contribution is -1.97. The van der Waals surface area contributed by atoms with Crippen molar-refractivity contribution < 1.29 is 9.13 Å². The number of aromatic nitrogens is 1. The monoisotopic (exact) mass is 254 g/mol. The van der Waals surface area contributed by atoms with E-state index in [1.165, 1.54) is 24.3 Å². The van der Waals surface area contributed by atoms with Crippen LogP contribution in [0.4, 0.5) is 10.1 Å². The maximum atomic E-state index is 13.6. The van der Waals surface area contributed by atoms with E-state index in [-0.39, 0.29) is 28.6 Å². The van der Waals surface area contributed by atoms with E-state index in [0.717, 1.165) is 6.07 Å². The first-order chi connectivity index (χ1) is 9.13.